The van der Waals surface area contributed by atoms with E-state index in [2.05, 4.69) is 4.74 Å². The van der Waals surface area contributed by atoms with Gasteiger partial charge in [-0.25, -0.2) is 0 Å². The molecule has 0 atom stereocenters. The van der Waals surface area contributed by atoms with Crippen LogP contribution in [0.2, 0.25) is 5.02 Å². The molecule has 0 heterocycles. The molecule has 0 aliphatic carbocycles. The molecule has 0 aliphatic heterocycles. The van der Waals surface area contributed by atoms with Crippen molar-refractivity contribution in [2.75, 3.05) is 0 Å². The van der Waals surface area contributed by atoms with Crippen molar-refractivity contribution in [1.29, 1.82) is 0 Å². The van der Waals surface area contributed by atoms with Gasteiger partial charge in [-0.2, -0.15) is 0 Å². The molecule has 4 nitrogen and oxygen atoms in total. The molecule has 31 heavy (non-hydrogen) atoms. The number of hydrogen-bond acceptors (Lipinski definition) is 3. The van der Waals surface area contributed by atoms with E-state index in [1.54, 1.807) is 30.3 Å². The van der Waals surface area contributed by atoms with Crippen LogP contribution in [0.5, 0.6) is 11.5 Å². The number of rotatable bonds is 8. The Morgan fingerprint density at radius 2 is 1.58 bits per heavy atom. The Hall–Kier alpha value is -3.19. The molecule has 0 aliphatic rings. The second-order valence-corrected chi connectivity index (χ2v) is 7.14. The molecule has 8 heteroatoms. The van der Waals surface area contributed by atoms with E-state index in [1.165, 1.54) is 24.3 Å². The van der Waals surface area contributed by atoms with Gasteiger partial charge in [-0.3, -0.25) is 4.79 Å². The van der Waals surface area contributed by atoms with E-state index in [0.29, 0.717) is 21.9 Å². The van der Waals surface area contributed by atoms with Crippen LogP contribution in [-0.4, -0.2) is 17.4 Å². The van der Waals surface area contributed by atoms with Crippen molar-refractivity contribution in [2.45, 2.75) is 25.8 Å². The molecule has 3 aromatic carbocycles. The zero-order chi connectivity index (χ0) is 22.4. The molecule has 0 amide bonds. The number of carboxylic acids is 1. The molecule has 1 N–H and O–H groups in total. The van der Waals surface area contributed by atoms with Crippen molar-refractivity contribution in [3.63, 3.8) is 0 Å². The normalized spacial score (nSPS) is 11.2. The van der Waals surface area contributed by atoms with Gasteiger partial charge in [0.1, 0.15) is 18.1 Å². The predicted octanol–water partition coefficient (Wildman–Crippen LogP) is 6.50. The Balaban J connectivity index is 1.81. The molecule has 0 spiro atoms. The van der Waals surface area contributed by atoms with Crippen LogP contribution >= 0.6 is 11.6 Å². The summed E-state index contributed by atoms with van der Waals surface area (Å²) in [6.07, 6.45) is -4.60. The zero-order valence-electron chi connectivity index (χ0n) is 16.2. The van der Waals surface area contributed by atoms with Gasteiger partial charge in [0.15, 0.2) is 0 Å². The average molecular weight is 451 g/mol. The lowest BCUT2D eigenvalue weighted by atomic mass is 10.00. The number of halogens is 4. The molecule has 162 valence electrons. The van der Waals surface area contributed by atoms with Gasteiger partial charge < -0.3 is 14.6 Å². The van der Waals surface area contributed by atoms with Crippen LogP contribution in [0, 0.1) is 0 Å². The Morgan fingerprint density at radius 3 is 2.19 bits per heavy atom. The summed E-state index contributed by atoms with van der Waals surface area (Å²) in [4.78, 5) is 11.0. The largest absolute Gasteiger partial charge is 0.573 e. The van der Waals surface area contributed by atoms with Crippen molar-refractivity contribution in [3.8, 4) is 22.6 Å². The summed E-state index contributed by atoms with van der Waals surface area (Å²) in [6.45, 7) is 0.278. The van der Waals surface area contributed by atoms with Gasteiger partial charge in [0.05, 0.1) is 0 Å². The van der Waals surface area contributed by atoms with E-state index < -0.39 is 12.3 Å². The van der Waals surface area contributed by atoms with Crippen LogP contribution in [0.1, 0.15) is 17.5 Å². The summed E-state index contributed by atoms with van der Waals surface area (Å²) in [5.74, 6) is -0.718. The third kappa shape index (κ3) is 6.93. The first-order valence-electron chi connectivity index (χ1n) is 9.28. The maximum absolute atomic E-state index is 12.3. The van der Waals surface area contributed by atoms with Crippen molar-refractivity contribution in [3.05, 3.63) is 82.9 Å². The fourth-order valence-corrected chi connectivity index (χ4v) is 3.05. The minimum Gasteiger partial charge on any atom is -0.489 e. The van der Waals surface area contributed by atoms with Gasteiger partial charge >= 0.3 is 12.3 Å². The summed E-state index contributed by atoms with van der Waals surface area (Å²) in [5.41, 5.74) is 2.97. The second-order valence-electron chi connectivity index (χ2n) is 6.70. The molecule has 0 fully saturated rings. The van der Waals surface area contributed by atoms with Crippen LogP contribution in [-0.2, 0) is 17.8 Å². The SMILES string of the molecule is O=C(O)CCc1cc(-c2ccc(OC(F)(F)F)cc2)ccc1OCc1ccc(Cl)cc1. The van der Waals surface area contributed by atoms with Crippen LogP contribution in [0.4, 0.5) is 13.2 Å². The van der Waals surface area contributed by atoms with Crippen LogP contribution in [0.15, 0.2) is 66.7 Å². The molecule has 0 unspecified atom stereocenters. The van der Waals surface area contributed by atoms with Crippen molar-refractivity contribution in [1.82, 2.24) is 0 Å². The Labute approximate surface area is 181 Å². The monoisotopic (exact) mass is 450 g/mol. The maximum atomic E-state index is 12.3. The number of alkyl halides is 3. The summed E-state index contributed by atoms with van der Waals surface area (Å²) in [6, 6.07) is 17.9. The first-order chi connectivity index (χ1) is 14.7. The van der Waals surface area contributed by atoms with Crippen LogP contribution < -0.4 is 9.47 Å². The summed E-state index contributed by atoms with van der Waals surface area (Å²) in [5, 5.41) is 9.66. The molecular weight excluding hydrogens is 433 g/mol. The molecular formula is C23H18ClF3O4. The Bertz CT molecular complexity index is 1030. The lowest BCUT2D eigenvalue weighted by molar-refractivity contribution is -0.274. The zero-order valence-corrected chi connectivity index (χ0v) is 16.9. The Kier molecular flexibility index (Phi) is 7.07. The highest BCUT2D eigenvalue weighted by Gasteiger charge is 2.30. The van der Waals surface area contributed by atoms with E-state index in [0.717, 1.165) is 11.1 Å². The van der Waals surface area contributed by atoms with Gasteiger partial charge in [0, 0.05) is 11.4 Å². The molecule has 0 bridgehead atoms. The van der Waals surface area contributed by atoms with Crippen molar-refractivity contribution in [2.24, 2.45) is 0 Å². The highest BCUT2D eigenvalue weighted by Crippen LogP contribution is 2.31. The third-order valence-electron chi connectivity index (χ3n) is 4.40. The summed E-state index contributed by atoms with van der Waals surface area (Å²) >= 11 is 5.88. The highest BCUT2D eigenvalue weighted by atomic mass is 35.5. The maximum Gasteiger partial charge on any atom is 0.573 e. The lowest BCUT2D eigenvalue weighted by Crippen LogP contribution is -2.16. The third-order valence-corrected chi connectivity index (χ3v) is 4.65. The van der Waals surface area contributed by atoms with Crippen LogP contribution in [0.3, 0.4) is 0 Å². The van der Waals surface area contributed by atoms with E-state index in [-0.39, 0.29) is 25.2 Å². The second kappa shape index (κ2) is 9.75. The van der Waals surface area contributed by atoms with Crippen LogP contribution in [0.25, 0.3) is 11.1 Å². The number of carbonyl (C=O) groups is 1. The minimum atomic E-state index is -4.76. The van der Waals surface area contributed by atoms with Gasteiger partial charge in [-0.05, 0) is 65.1 Å². The fourth-order valence-electron chi connectivity index (χ4n) is 2.93. The van der Waals surface area contributed by atoms with E-state index in [1.807, 2.05) is 12.1 Å². The van der Waals surface area contributed by atoms with Gasteiger partial charge in [-0.1, -0.05) is 41.9 Å². The number of benzene rings is 3. The smallest absolute Gasteiger partial charge is 0.489 e. The summed E-state index contributed by atoms with van der Waals surface area (Å²) in [7, 11) is 0. The first kappa shape index (κ1) is 22.5. The number of carboxylic acid groups (broad SMARTS) is 1. The topological polar surface area (TPSA) is 55.8 Å². The molecule has 3 rings (SSSR count). The van der Waals surface area contributed by atoms with Crippen molar-refractivity contribution >= 4 is 17.6 Å². The van der Waals surface area contributed by atoms with E-state index >= 15 is 0 Å². The molecule has 0 radical (unpaired) electrons. The standard InChI is InChI=1S/C23H18ClF3O4/c24-19-7-1-15(2-8-19)14-30-21-11-5-17(13-18(21)6-12-22(28)29)16-3-9-20(10-4-16)31-23(25,26)27/h1-5,7-11,13H,6,12,14H2,(H,28,29). The Morgan fingerprint density at radius 1 is 0.935 bits per heavy atom. The molecule has 0 aromatic heterocycles. The molecule has 0 saturated heterocycles. The fraction of sp³-hybridized carbons (Fsp3) is 0.174. The first-order valence-corrected chi connectivity index (χ1v) is 9.65. The molecule has 3 aromatic rings. The number of hydrogen-bond donors (Lipinski definition) is 1. The van der Waals surface area contributed by atoms with E-state index in [4.69, 9.17) is 21.4 Å². The number of ether oxygens (including phenoxy) is 2. The highest BCUT2D eigenvalue weighted by molar-refractivity contribution is 6.30. The predicted molar refractivity (Wildman–Crippen MR) is 110 cm³/mol. The van der Waals surface area contributed by atoms with E-state index in [9.17, 15) is 18.0 Å². The van der Waals surface area contributed by atoms with Gasteiger partial charge in [0.25, 0.3) is 0 Å². The van der Waals surface area contributed by atoms with Gasteiger partial charge in [-0.15, -0.1) is 13.2 Å². The lowest BCUT2D eigenvalue weighted by Gasteiger charge is -2.14. The minimum absolute atomic E-state index is 0.0842. The number of aliphatic carboxylic acids is 1. The molecule has 0 saturated carbocycles. The van der Waals surface area contributed by atoms with Gasteiger partial charge in [0.2, 0.25) is 0 Å². The van der Waals surface area contributed by atoms with Crippen molar-refractivity contribution < 1.29 is 32.5 Å². The average Bonchev–Trinajstić information content (AvgIpc) is 2.71. The number of aryl methyl sites for hydroxylation is 1. The quantitative estimate of drug-likeness (QED) is 0.425. The summed E-state index contributed by atoms with van der Waals surface area (Å²) < 4.78 is 46.8.